The second-order valence-corrected chi connectivity index (χ2v) is 8.81. The highest BCUT2D eigenvalue weighted by Gasteiger charge is 2.36. The molecule has 1 atom stereocenters. The van der Waals surface area contributed by atoms with Crippen LogP contribution in [0.25, 0.3) is 22.6 Å². The van der Waals surface area contributed by atoms with Crippen LogP contribution < -0.4 is 9.47 Å². The molecule has 36 heavy (non-hydrogen) atoms. The topological polar surface area (TPSA) is 81.6 Å². The van der Waals surface area contributed by atoms with Crippen LogP contribution in [-0.4, -0.2) is 59.8 Å². The van der Waals surface area contributed by atoms with Crippen LogP contribution in [0.3, 0.4) is 0 Å². The smallest absolute Gasteiger partial charge is 0.417 e. The van der Waals surface area contributed by atoms with Gasteiger partial charge in [0.15, 0.2) is 0 Å². The summed E-state index contributed by atoms with van der Waals surface area (Å²) in [6, 6.07) is 8.80. The van der Waals surface area contributed by atoms with E-state index in [9.17, 15) is 13.2 Å². The number of nitrogens with zero attached hydrogens (tertiary/aromatic N) is 3. The highest BCUT2D eigenvalue weighted by Crippen LogP contribution is 2.35. The van der Waals surface area contributed by atoms with Gasteiger partial charge in [-0.3, -0.25) is 4.99 Å². The second kappa shape index (κ2) is 10.7. The van der Waals surface area contributed by atoms with E-state index in [0.29, 0.717) is 41.4 Å². The number of alkyl halides is 3. The number of hydrogen-bond acceptors (Lipinski definition) is 6. The van der Waals surface area contributed by atoms with E-state index < -0.39 is 17.3 Å². The van der Waals surface area contributed by atoms with Crippen LogP contribution in [-0.2, 0) is 4.74 Å². The zero-order valence-electron chi connectivity index (χ0n) is 19.6. The zero-order chi connectivity index (χ0) is 25.8. The number of hydrogen-bond donors (Lipinski definition) is 1. The van der Waals surface area contributed by atoms with E-state index in [4.69, 9.17) is 25.8 Å². The fourth-order valence-electron chi connectivity index (χ4n) is 3.47. The monoisotopic (exact) mass is 520 g/mol. The van der Waals surface area contributed by atoms with Gasteiger partial charge in [-0.25, -0.2) is 9.97 Å². The zero-order valence-corrected chi connectivity index (χ0v) is 20.4. The molecule has 7 nitrogen and oxygen atoms in total. The van der Waals surface area contributed by atoms with E-state index in [1.54, 1.807) is 44.6 Å². The van der Waals surface area contributed by atoms with Gasteiger partial charge in [0, 0.05) is 36.7 Å². The van der Waals surface area contributed by atoms with E-state index >= 15 is 0 Å². The molecule has 0 bridgehead atoms. The molecule has 0 radical (unpaired) electrons. The summed E-state index contributed by atoms with van der Waals surface area (Å²) in [6.45, 7) is 2.53. The Morgan fingerprint density at radius 1 is 1.08 bits per heavy atom. The van der Waals surface area contributed by atoms with E-state index in [-0.39, 0.29) is 13.0 Å². The minimum atomic E-state index is -4.41. The Morgan fingerprint density at radius 2 is 1.92 bits per heavy atom. The van der Waals surface area contributed by atoms with Crippen molar-refractivity contribution in [2.75, 3.05) is 26.9 Å². The lowest BCUT2D eigenvalue weighted by atomic mass is 9.95. The quantitative estimate of drug-likeness (QED) is 0.280. The highest BCUT2D eigenvalue weighted by atomic mass is 35.5. The van der Waals surface area contributed by atoms with Gasteiger partial charge >= 0.3 is 6.18 Å². The molecule has 1 aliphatic heterocycles. The Bertz CT molecular complexity index is 1260. The normalized spacial score (nSPS) is 17.7. The predicted octanol–water partition coefficient (Wildman–Crippen LogP) is 5.92. The van der Waals surface area contributed by atoms with Crippen molar-refractivity contribution in [2.45, 2.75) is 25.1 Å². The van der Waals surface area contributed by atoms with Crippen molar-refractivity contribution in [3.63, 3.8) is 0 Å². The van der Waals surface area contributed by atoms with Crippen molar-refractivity contribution < 1.29 is 27.4 Å². The first-order valence-corrected chi connectivity index (χ1v) is 11.4. The number of nitrogens with one attached hydrogen (secondary N) is 1. The van der Waals surface area contributed by atoms with Gasteiger partial charge in [0.2, 0.25) is 0 Å². The van der Waals surface area contributed by atoms with Crippen LogP contribution in [0, 0.1) is 0 Å². The average Bonchev–Trinajstić information content (AvgIpc) is 3.33. The lowest BCUT2D eigenvalue weighted by Gasteiger charge is -2.27. The second-order valence-electron chi connectivity index (χ2n) is 8.42. The molecule has 190 valence electrons. The molecular formula is C25H24ClF3N4O3. The van der Waals surface area contributed by atoms with Crippen molar-refractivity contribution >= 4 is 17.8 Å². The summed E-state index contributed by atoms with van der Waals surface area (Å²) in [5.74, 6) is 1.65. The van der Waals surface area contributed by atoms with Gasteiger partial charge in [-0.05, 0) is 37.6 Å². The fourth-order valence-corrected chi connectivity index (χ4v) is 3.59. The van der Waals surface area contributed by atoms with E-state index in [1.807, 2.05) is 12.1 Å². The summed E-state index contributed by atoms with van der Waals surface area (Å²) in [5, 5.41) is 0.388. The molecule has 3 aromatic rings. The molecule has 3 heterocycles. The number of pyridine rings is 1. The Balaban J connectivity index is 1.52. The number of aromatic amines is 1. The maximum absolute atomic E-state index is 12.9. The van der Waals surface area contributed by atoms with Crippen molar-refractivity contribution in [1.82, 2.24) is 15.0 Å². The number of allylic oxidation sites excluding steroid dienone is 1. The minimum absolute atomic E-state index is 0.0970. The number of ether oxygens (including phenoxy) is 3. The molecule has 2 aromatic heterocycles. The van der Waals surface area contributed by atoms with Crippen LogP contribution in [0.2, 0.25) is 5.15 Å². The number of aromatic nitrogens is 3. The first kappa shape index (κ1) is 25.7. The number of rotatable bonds is 9. The molecule has 0 saturated heterocycles. The Hall–Kier alpha value is -3.37. The molecular weight excluding hydrogens is 497 g/mol. The molecule has 1 aliphatic rings. The molecule has 0 fully saturated rings. The van der Waals surface area contributed by atoms with Crippen LogP contribution in [0.1, 0.15) is 13.3 Å². The van der Waals surface area contributed by atoms with Crippen molar-refractivity contribution in [3.05, 3.63) is 59.5 Å². The lowest BCUT2D eigenvalue weighted by molar-refractivity contribution is -0.0862. The van der Waals surface area contributed by atoms with Gasteiger partial charge in [-0.15, -0.1) is 0 Å². The van der Waals surface area contributed by atoms with Gasteiger partial charge in [0.1, 0.15) is 35.7 Å². The fraction of sp³-hybridized carbons (Fsp3) is 0.320. The summed E-state index contributed by atoms with van der Waals surface area (Å²) in [4.78, 5) is 15.9. The number of aliphatic imine (C=N–C) groups is 1. The van der Waals surface area contributed by atoms with Crippen molar-refractivity contribution in [3.8, 4) is 34.1 Å². The standard InChI is InChI=1S/C25H24ClF3N4O3/c1-24(8-7-17(13-32-24)25(27,28)29)15-36-18-4-5-19(21(11-18)35-10-9-34-2)20-14-31-23(33-20)16-3-6-22(26)30-12-16/h3-7,11-14H,8-10,15H2,1-2H3,(H,31,33). The summed E-state index contributed by atoms with van der Waals surface area (Å²) in [5.41, 5.74) is 0.685. The molecule has 0 spiro atoms. The van der Waals surface area contributed by atoms with Gasteiger partial charge in [0.25, 0.3) is 0 Å². The Kier molecular flexibility index (Phi) is 7.65. The minimum Gasteiger partial charge on any atom is -0.491 e. The van der Waals surface area contributed by atoms with Crippen LogP contribution in [0.15, 0.2) is 59.4 Å². The average molecular weight is 521 g/mol. The number of H-pyrrole nitrogens is 1. The number of halogens is 4. The first-order chi connectivity index (χ1) is 17.2. The lowest BCUT2D eigenvalue weighted by Crippen LogP contribution is -2.33. The SMILES string of the molecule is COCCOc1cc(OCC2(C)CC=C(C(F)(F)F)C=N2)ccc1-c1cnc(-c2ccc(Cl)nc2)[nH]1. The number of benzene rings is 1. The van der Waals surface area contributed by atoms with Gasteiger partial charge < -0.3 is 19.2 Å². The number of dihydropyridines is 1. The van der Waals surface area contributed by atoms with Crippen molar-refractivity contribution in [2.24, 2.45) is 4.99 Å². The molecule has 0 aliphatic carbocycles. The van der Waals surface area contributed by atoms with Crippen LogP contribution >= 0.6 is 11.6 Å². The maximum Gasteiger partial charge on any atom is 0.417 e. The van der Waals surface area contributed by atoms with E-state index in [0.717, 1.165) is 23.4 Å². The third-order valence-electron chi connectivity index (χ3n) is 5.52. The van der Waals surface area contributed by atoms with Gasteiger partial charge in [-0.1, -0.05) is 17.7 Å². The molecule has 1 N–H and O–H groups in total. The van der Waals surface area contributed by atoms with Gasteiger partial charge in [-0.2, -0.15) is 13.2 Å². The summed E-state index contributed by atoms with van der Waals surface area (Å²) in [7, 11) is 1.58. The Labute approximate surface area is 211 Å². The molecule has 4 rings (SSSR count). The highest BCUT2D eigenvalue weighted by molar-refractivity contribution is 6.29. The van der Waals surface area contributed by atoms with E-state index in [2.05, 4.69) is 19.9 Å². The number of imidazole rings is 1. The number of methoxy groups -OCH3 is 1. The molecule has 1 aromatic carbocycles. The molecule has 11 heteroatoms. The third kappa shape index (κ3) is 6.24. The Morgan fingerprint density at radius 3 is 2.58 bits per heavy atom. The summed E-state index contributed by atoms with van der Waals surface area (Å²) >= 11 is 5.87. The summed E-state index contributed by atoms with van der Waals surface area (Å²) < 4.78 is 55.6. The maximum atomic E-state index is 12.9. The van der Waals surface area contributed by atoms with Gasteiger partial charge in [0.05, 0.1) is 29.6 Å². The molecule has 0 saturated carbocycles. The van der Waals surface area contributed by atoms with Crippen molar-refractivity contribution in [1.29, 1.82) is 0 Å². The largest absolute Gasteiger partial charge is 0.491 e. The summed E-state index contributed by atoms with van der Waals surface area (Å²) in [6.07, 6.45) is 1.02. The molecule has 0 amide bonds. The first-order valence-electron chi connectivity index (χ1n) is 11.1. The third-order valence-corrected chi connectivity index (χ3v) is 5.74. The van der Waals surface area contributed by atoms with Crippen LogP contribution in [0.5, 0.6) is 11.5 Å². The van der Waals surface area contributed by atoms with Crippen LogP contribution in [0.4, 0.5) is 13.2 Å². The predicted molar refractivity (Wildman–Crippen MR) is 131 cm³/mol. The van der Waals surface area contributed by atoms with E-state index in [1.165, 1.54) is 0 Å². The molecule has 1 unspecified atom stereocenters.